The molecule has 0 rings (SSSR count). The largest absolute Gasteiger partial charge is 0.481 e. The average Bonchev–Trinajstić information content (AvgIpc) is 2.16. The molecule has 0 radical (unpaired) electrons. The lowest BCUT2D eigenvalue weighted by atomic mass is 10.1. The Bertz CT molecular complexity index is 280. The minimum absolute atomic E-state index is 0.0362. The fourth-order valence-corrected chi connectivity index (χ4v) is 1.22. The molecule has 92 valence electrons. The summed E-state index contributed by atoms with van der Waals surface area (Å²) in [5.74, 6) is -2.31. The molecule has 7 nitrogen and oxygen atoms in total. The highest BCUT2D eigenvalue weighted by molar-refractivity contribution is 5.83. The highest BCUT2D eigenvalue weighted by Gasteiger charge is 2.22. The molecule has 0 spiro atoms. The number of rotatable bonds is 8. The van der Waals surface area contributed by atoms with E-state index in [1.165, 1.54) is 0 Å². The Hall–Kier alpha value is -1.63. The van der Waals surface area contributed by atoms with Crippen LogP contribution in [0.2, 0.25) is 0 Å². The van der Waals surface area contributed by atoms with Crippen LogP contribution in [0.15, 0.2) is 0 Å². The topological polar surface area (TPSA) is 136 Å². The molecule has 1 unspecified atom stereocenters. The maximum absolute atomic E-state index is 11.0. The Labute approximate surface area is 93.2 Å². The van der Waals surface area contributed by atoms with E-state index < -0.39 is 29.9 Å². The molecule has 0 bridgehead atoms. The first-order valence-corrected chi connectivity index (χ1v) is 4.95. The summed E-state index contributed by atoms with van der Waals surface area (Å²) in [5.41, 5.74) is 10.2. The van der Waals surface area contributed by atoms with Gasteiger partial charge < -0.3 is 16.6 Å². The van der Waals surface area contributed by atoms with Gasteiger partial charge in [-0.25, -0.2) is 0 Å². The van der Waals surface area contributed by atoms with E-state index in [1.54, 1.807) is 6.92 Å². The number of amides is 2. The third kappa shape index (κ3) is 5.30. The van der Waals surface area contributed by atoms with Crippen LogP contribution in [0.25, 0.3) is 0 Å². The smallest absolute Gasteiger partial charge is 0.303 e. The molecule has 6 N–H and O–H groups in total. The summed E-state index contributed by atoms with van der Waals surface area (Å²) in [6.07, 6.45) is 0.246. The minimum Gasteiger partial charge on any atom is -0.481 e. The second kappa shape index (κ2) is 6.78. The van der Waals surface area contributed by atoms with E-state index in [1.807, 2.05) is 0 Å². The highest BCUT2D eigenvalue weighted by Crippen LogP contribution is 2.00. The van der Waals surface area contributed by atoms with E-state index in [4.69, 9.17) is 16.6 Å². The summed E-state index contributed by atoms with van der Waals surface area (Å²) in [5, 5.41) is 11.1. The van der Waals surface area contributed by atoms with Crippen LogP contribution < -0.4 is 16.8 Å². The molecule has 0 aromatic carbocycles. The van der Waals surface area contributed by atoms with Gasteiger partial charge in [0.1, 0.15) is 0 Å². The molecule has 2 amide bonds. The quantitative estimate of drug-likeness (QED) is 0.405. The third-order valence-corrected chi connectivity index (χ3v) is 2.14. The Balaban J connectivity index is 4.37. The molecule has 0 aliphatic heterocycles. The zero-order chi connectivity index (χ0) is 12.7. The van der Waals surface area contributed by atoms with E-state index in [9.17, 15) is 14.4 Å². The van der Waals surface area contributed by atoms with Gasteiger partial charge in [-0.15, -0.1) is 0 Å². The van der Waals surface area contributed by atoms with Gasteiger partial charge in [-0.05, 0) is 12.8 Å². The number of aliphatic carboxylic acids is 1. The van der Waals surface area contributed by atoms with Crippen LogP contribution in [0.5, 0.6) is 0 Å². The number of carboxylic acids is 1. The van der Waals surface area contributed by atoms with Crippen molar-refractivity contribution in [1.82, 2.24) is 5.32 Å². The van der Waals surface area contributed by atoms with Gasteiger partial charge in [-0.2, -0.15) is 0 Å². The number of nitrogens with one attached hydrogen (secondary N) is 1. The summed E-state index contributed by atoms with van der Waals surface area (Å²) in [7, 11) is 0. The number of hydrogen-bond donors (Lipinski definition) is 4. The fraction of sp³-hybridized carbons (Fsp3) is 0.667. The van der Waals surface area contributed by atoms with Crippen molar-refractivity contribution in [2.24, 2.45) is 11.5 Å². The first-order valence-electron chi connectivity index (χ1n) is 4.95. The zero-order valence-electron chi connectivity index (χ0n) is 9.10. The molecule has 0 aromatic heterocycles. The monoisotopic (exact) mass is 231 g/mol. The third-order valence-electron chi connectivity index (χ3n) is 2.14. The molecule has 2 atom stereocenters. The van der Waals surface area contributed by atoms with E-state index in [-0.39, 0.29) is 12.8 Å². The molecule has 7 heteroatoms. The molecule has 0 saturated carbocycles. The predicted molar refractivity (Wildman–Crippen MR) is 56.3 cm³/mol. The van der Waals surface area contributed by atoms with E-state index >= 15 is 0 Å². The predicted octanol–water partition coefficient (Wildman–Crippen LogP) is -1.44. The normalized spacial score (nSPS) is 14.1. The maximum Gasteiger partial charge on any atom is 0.303 e. The zero-order valence-corrected chi connectivity index (χ0v) is 9.10. The van der Waals surface area contributed by atoms with Crippen molar-refractivity contribution in [2.75, 3.05) is 0 Å². The lowest BCUT2D eigenvalue weighted by Crippen LogP contribution is -2.51. The van der Waals surface area contributed by atoms with Crippen molar-refractivity contribution in [3.63, 3.8) is 0 Å². The first-order chi connectivity index (χ1) is 7.38. The minimum atomic E-state index is -1.03. The number of nitrogens with two attached hydrogens (primary N) is 2. The molecule has 0 aliphatic carbocycles. The Morgan fingerprint density at radius 1 is 1.19 bits per heavy atom. The summed E-state index contributed by atoms with van der Waals surface area (Å²) < 4.78 is 0. The van der Waals surface area contributed by atoms with Crippen LogP contribution in [0.3, 0.4) is 0 Å². The van der Waals surface area contributed by atoms with Gasteiger partial charge in [0.25, 0.3) is 0 Å². The summed E-state index contributed by atoms with van der Waals surface area (Å²) in [6, 6.07) is -1.53. The number of carbonyl (C=O) groups excluding carboxylic acids is 2. The molecule has 0 saturated heterocycles. The lowest BCUT2D eigenvalue weighted by Gasteiger charge is -2.19. The van der Waals surface area contributed by atoms with Crippen LogP contribution in [0.4, 0.5) is 0 Å². The van der Waals surface area contributed by atoms with Gasteiger partial charge in [0.2, 0.25) is 11.8 Å². The number of carboxylic acid groups (broad SMARTS) is 1. The van der Waals surface area contributed by atoms with Crippen molar-refractivity contribution in [3.8, 4) is 0 Å². The average molecular weight is 231 g/mol. The molecule has 0 aliphatic rings. The molecule has 0 fully saturated rings. The van der Waals surface area contributed by atoms with Gasteiger partial charge in [0, 0.05) is 6.42 Å². The van der Waals surface area contributed by atoms with Gasteiger partial charge >= 0.3 is 5.97 Å². The van der Waals surface area contributed by atoms with Crippen molar-refractivity contribution in [3.05, 3.63) is 0 Å². The van der Waals surface area contributed by atoms with E-state index in [2.05, 4.69) is 5.32 Å². The van der Waals surface area contributed by atoms with Gasteiger partial charge in [0.15, 0.2) is 0 Å². The molecular formula is C9H17N3O4. The van der Waals surface area contributed by atoms with Gasteiger partial charge in [-0.1, -0.05) is 6.92 Å². The Morgan fingerprint density at radius 2 is 1.69 bits per heavy atom. The SMILES string of the molecule is CCC(N[C@H](CCC(=O)O)C(N)=O)C(N)=O. The van der Waals surface area contributed by atoms with Gasteiger partial charge in [0.05, 0.1) is 12.1 Å². The van der Waals surface area contributed by atoms with Crippen LogP contribution in [-0.2, 0) is 14.4 Å². The number of hydrogen-bond acceptors (Lipinski definition) is 4. The van der Waals surface area contributed by atoms with Crippen molar-refractivity contribution in [1.29, 1.82) is 0 Å². The molecule has 0 aromatic rings. The van der Waals surface area contributed by atoms with Crippen LogP contribution in [-0.4, -0.2) is 35.0 Å². The summed E-state index contributed by atoms with van der Waals surface area (Å²) in [4.78, 5) is 32.3. The maximum atomic E-state index is 11.0. The molecule has 0 heterocycles. The van der Waals surface area contributed by atoms with E-state index in [0.717, 1.165) is 0 Å². The van der Waals surface area contributed by atoms with Crippen LogP contribution in [0.1, 0.15) is 26.2 Å². The number of carbonyl (C=O) groups is 3. The lowest BCUT2D eigenvalue weighted by molar-refractivity contribution is -0.137. The van der Waals surface area contributed by atoms with Crippen molar-refractivity contribution >= 4 is 17.8 Å². The van der Waals surface area contributed by atoms with Gasteiger partial charge in [-0.3, -0.25) is 19.7 Å². The first kappa shape index (κ1) is 14.4. The highest BCUT2D eigenvalue weighted by atomic mass is 16.4. The second-order valence-electron chi connectivity index (χ2n) is 3.42. The number of primary amides is 2. The van der Waals surface area contributed by atoms with Crippen molar-refractivity contribution < 1.29 is 19.5 Å². The fourth-order valence-electron chi connectivity index (χ4n) is 1.22. The Morgan fingerprint density at radius 3 is 2.00 bits per heavy atom. The summed E-state index contributed by atoms with van der Waals surface area (Å²) >= 11 is 0. The standard InChI is InChI=1S/C9H17N3O4/c1-2-5(8(10)15)12-6(9(11)16)3-4-7(13)14/h5-6,12H,2-4H2,1H3,(H2,10,15)(H2,11,16)(H,13,14)/t5?,6-/m1/s1. The van der Waals surface area contributed by atoms with E-state index in [0.29, 0.717) is 6.42 Å². The molecular weight excluding hydrogens is 214 g/mol. The van der Waals surface area contributed by atoms with Crippen LogP contribution in [0, 0.1) is 0 Å². The van der Waals surface area contributed by atoms with Crippen LogP contribution >= 0.6 is 0 Å². The van der Waals surface area contributed by atoms with Crippen molar-refractivity contribution in [2.45, 2.75) is 38.3 Å². The Kier molecular flexibility index (Phi) is 6.09. The molecule has 16 heavy (non-hydrogen) atoms. The summed E-state index contributed by atoms with van der Waals surface area (Å²) in [6.45, 7) is 1.72. The second-order valence-corrected chi connectivity index (χ2v) is 3.42.